The molecule has 0 amide bonds. The molecule has 0 N–H and O–H groups in total. The Kier molecular flexibility index (Phi) is 4.95. The van der Waals surface area contributed by atoms with Crippen LogP contribution in [-0.2, 0) is 0 Å². The molecule has 0 aromatic heterocycles. The van der Waals surface area contributed by atoms with Crippen molar-refractivity contribution in [3.8, 4) is 0 Å². The number of allylic oxidation sites excluding steroid dienone is 2. The molecule has 2 unspecified atom stereocenters. The molecule has 0 saturated carbocycles. The first kappa shape index (κ1) is 12.4. The summed E-state index contributed by atoms with van der Waals surface area (Å²) in [5.74, 6) is -4.79. The number of alkyl halides is 3. The van der Waals surface area contributed by atoms with Gasteiger partial charge >= 0.3 is 0 Å². The Labute approximate surface area is 73.4 Å². The van der Waals surface area contributed by atoms with Crippen LogP contribution in [0.5, 0.6) is 0 Å². The summed E-state index contributed by atoms with van der Waals surface area (Å²) in [6.45, 7) is 0.428. The van der Waals surface area contributed by atoms with E-state index in [1.54, 1.807) is 0 Å². The molecule has 13 heavy (non-hydrogen) atoms. The van der Waals surface area contributed by atoms with Crippen molar-refractivity contribution in [3.63, 3.8) is 0 Å². The van der Waals surface area contributed by atoms with Crippen LogP contribution in [0.2, 0.25) is 0 Å². The van der Waals surface area contributed by atoms with E-state index in [0.717, 1.165) is 13.8 Å². The fourth-order valence-electron chi connectivity index (χ4n) is 0.636. The van der Waals surface area contributed by atoms with Crippen molar-refractivity contribution in [3.05, 3.63) is 11.7 Å². The van der Waals surface area contributed by atoms with Gasteiger partial charge in [0.05, 0.1) is 0 Å². The molecule has 0 aliphatic heterocycles. The predicted octanol–water partition coefficient (Wildman–Crippen LogP) is 3.44. The van der Waals surface area contributed by atoms with Crippen molar-refractivity contribution in [1.82, 2.24) is 0 Å². The standard InChI is InChI=1S/C8H11F5/c1-4(5(2)10)7(12)8(13)6(11)3-9/h4-6H,3H2,1-2H3/b8-7-/t4?,5-,6?/m1/s1. The van der Waals surface area contributed by atoms with Crippen LogP contribution in [-0.4, -0.2) is 19.0 Å². The largest absolute Gasteiger partial charge is 0.247 e. The van der Waals surface area contributed by atoms with E-state index in [1.807, 2.05) is 0 Å². The van der Waals surface area contributed by atoms with E-state index in [0.29, 0.717) is 0 Å². The minimum atomic E-state index is -2.62. The van der Waals surface area contributed by atoms with Gasteiger partial charge in [-0.3, -0.25) is 0 Å². The number of rotatable bonds is 4. The quantitative estimate of drug-likeness (QED) is 0.612. The third-order valence-electron chi connectivity index (χ3n) is 1.73. The van der Waals surface area contributed by atoms with Gasteiger partial charge in [-0.15, -0.1) is 0 Å². The summed E-state index contributed by atoms with van der Waals surface area (Å²) in [7, 11) is 0. The van der Waals surface area contributed by atoms with Crippen molar-refractivity contribution < 1.29 is 22.0 Å². The highest BCUT2D eigenvalue weighted by atomic mass is 19.2. The normalized spacial score (nSPS) is 20.5. The maximum absolute atomic E-state index is 12.7. The Bertz CT molecular complexity index is 187. The minimum absolute atomic E-state index is 1.01. The molecule has 0 bridgehead atoms. The van der Waals surface area contributed by atoms with Gasteiger partial charge in [0.2, 0.25) is 0 Å². The lowest BCUT2D eigenvalue weighted by Gasteiger charge is -2.11. The van der Waals surface area contributed by atoms with Gasteiger partial charge in [0, 0.05) is 5.92 Å². The highest BCUT2D eigenvalue weighted by Gasteiger charge is 2.25. The second-order valence-electron chi connectivity index (χ2n) is 2.78. The Morgan fingerprint density at radius 1 is 1.08 bits per heavy atom. The Morgan fingerprint density at radius 2 is 1.54 bits per heavy atom. The van der Waals surface area contributed by atoms with E-state index >= 15 is 0 Å². The van der Waals surface area contributed by atoms with Gasteiger partial charge in [0.15, 0.2) is 12.0 Å². The lowest BCUT2D eigenvalue weighted by molar-refractivity contribution is 0.223. The van der Waals surface area contributed by atoms with E-state index in [-0.39, 0.29) is 0 Å². The molecule has 0 radical (unpaired) electrons. The molecule has 0 saturated heterocycles. The van der Waals surface area contributed by atoms with Crippen LogP contribution in [0.4, 0.5) is 22.0 Å². The molecule has 0 aliphatic carbocycles. The Hall–Kier alpha value is -0.610. The summed E-state index contributed by atoms with van der Waals surface area (Å²) in [5.41, 5.74) is 0. The monoisotopic (exact) mass is 202 g/mol. The van der Waals surface area contributed by atoms with Crippen molar-refractivity contribution in [1.29, 1.82) is 0 Å². The second kappa shape index (κ2) is 5.19. The molecular weight excluding hydrogens is 191 g/mol. The molecule has 0 fully saturated rings. The predicted molar refractivity (Wildman–Crippen MR) is 39.8 cm³/mol. The fraction of sp³-hybridized carbons (Fsp3) is 0.750. The lowest BCUT2D eigenvalue weighted by Crippen LogP contribution is -2.14. The van der Waals surface area contributed by atoms with Crippen LogP contribution in [0, 0.1) is 5.92 Å². The van der Waals surface area contributed by atoms with E-state index in [4.69, 9.17) is 0 Å². The SMILES string of the molecule is CC(/C(F)=C(/F)C(F)CF)[C@@H](C)F. The third-order valence-corrected chi connectivity index (χ3v) is 1.73. The van der Waals surface area contributed by atoms with Gasteiger partial charge in [0.1, 0.15) is 18.7 Å². The fourth-order valence-corrected chi connectivity index (χ4v) is 0.636. The first-order chi connectivity index (χ1) is 5.91. The van der Waals surface area contributed by atoms with Crippen LogP contribution in [0.25, 0.3) is 0 Å². The van der Waals surface area contributed by atoms with Crippen molar-refractivity contribution in [2.45, 2.75) is 26.2 Å². The van der Waals surface area contributed by atoms with Gasteiger partial charge < -0.3 is 0 Å². The van der Waals surface area contributed by atoms with Gasteiger partial charge in [-0.05, 0) is 6.92 Å². The Balaban J connectivity index is 4.60. The van der Waals surface area contributed by atoms with Crippen molar-refractivity contribution >= 4 is 0 Å². The van der Waals surface area contributed by atoms with Crippen LogP contribution in [0.1, 0.15) is 13.8 Å². The zero-order valence-electron chi connectivity index (χ0n) is 7.33. The summed E-state index contributed by atoms with van der Waals surface area (Å²) in [4.78, 5) is 0. The lowest BCUT2D eigenvalue weighted by atomic mass is 10.0. The molecule has 0 aromatic rings. The summed E-state index contributed by atoms with van der Waals surface area (Å²) in [5, 5.41) is 0. The van der Waals surface area contributed by atoms with Crippen LogP contribution >= 0.6 is 0 Å². The molecule has 0 aromatic carbocycles. The van der Waals surface area contributed by atoms with Crippen LogP contribution in [0.3, 0.4) is 0 Å². The van der Waals surface area contributed by atoms with Gasteiger partial charge in [-0.1, -0.05) is 6.92 Å². The van der Waals surface area contributed by atoms with Gasteiger partial charge in [-0.25, -0.2) is 22.0 Å². The maximum Gasteiger partial charge on any atom is 0.182 e. The molecule has 78 valence electrons. The average Bonchev–Trinajstić information content (AvgIpc) is 2.12. The van der Waals surface area contributed by atoms with E-state index in [9.17, 15) is 22.0 Å². The summed E-state index contributed by atoms with van der Waals surface area (Å²) in [6.07, 6.45) is -4.27. The minimum Gasteiger partial charge on any atom is -0.247 e. The summed E-state index contributed by atoms with van der Waals surface area (Å²) >= 11 is 0. The number of halogens is 5. The zero-order valence-corrected chi connectivity index (χ0v) is 7.33. The number of hydrogen-bond acceptors (Lipinski definition) is 0. The molecule has 0 rings (SSSR count). The average molecular weight is 202 g/mol. The molecule has 0 nitrogen and oxygen atoms in total. The highest BCUT2D eigenvalue weighted by Crippen LogP contribution is 2.25. The molecule has 5 heteroatoms. The van der Waals surface area contributed by atoms with Crippen LogP contribution < -0.4 is 0 Å². The summed E-state index contributed by atoms with van der Waals surface area (Å²) in [6, 6.07) is 0. The smallest absolute Gasteiger partial charge is 0.182 e. The highest BCUT2D eigenvalue weighted by molar-refractivity contribution is 5.08. The number of hydrogen-bond donors (Lipinski definition) is 0. The zero-order chi connectivity index (χ0) is 10.6. The molecular formula is C8H11F5. The van der Waals surface area contributed by atoms with Gasteiger partial charge in [0.25, 0.3) is 0 Å². The van der Waals surface area contributed by atoms with E-state index < -0.39 is 36.6 Å². The third kappa shape index (κ3) is 3.32. The molecule has 0 heterocycles. The van der Waals surface area contributed by atoms with E-state index in [2.05, 4.69) is 0 Å². The second-order valence-corrected chi connectivity index (χ2v) is 2.78. The van der Waals surface area contributed by atoms with E-state index in [1.165, 1.54) is 0 Å². The molecule has 0 aliphatic rings. The Morgan fingerprint density at radius 3 is 1.85 bits per heavy atom. The first-order valence-corrected chi connectivity index (χ1v) is 3.81. The van der Waals surface area contributed by atoms with Crippen LogP contribution in [0.15, 0.2) is 11.7 Å². The van der Waals surface area contributed by atoms with Gasteiger partial charge in [-0.2, -0.15) is 0 Å². The van der Waals surface area contributed by atoms with Crippen molar-refractivity contribution in [2.75, 3.05) is 6.67 Å². The van der Waals surface area contributed by atoms with Crippen molar-refractivity contribution in [2.24, 2.45) is 5.92 Å². The summed E-state index contributed by atoms with van der Waals surface area (Å²) < 4.78 is 61.5. The first-order valence-electron chi connectivity index (χ1n) is 3.81. The maximum atomic E-state index is 12.7. The topological polar surface area (TPSA) is 0 Å². The molecule has 3 atom stereocenters. The molecule has 0 spiro atoms.